The Labute approximate surface area is 209 Å². The molecule has 0 bridgehead atoms. The van der Waals surface area contributed by atoms with Gasteiger partial charge in [-0.05, 0) is 56.5 Å². The molecule has 1 fully saturated rings. The highest BCUT2D eigenvalue weighted by Crippen LogP contribution is 2.32. The minimum atomic E-state index is -0.298. The molecule has 35 heavy (non-hydrogen) atoms. The standard InChI is InChI=1S/C28H39N3O4/c1-19-15-31(20(2)18-32)28(33)25-13-23(22-10-7-11-24(12-22)34-4)14-29-27(25)35-26(19)17-30(3)16-21-8-5-6-9-21/h7,10-14,19-21,26,32H,5-6,8-9,15-18H2,1-4H3/t19-,20-,26+/m0/s1. The molecule has 1 aliphatic carbocycles. The zero-order valence-corrected chi connectivity index (χ0v) is 21.4. The maximum Gasteiger partial charge on any atom is 0.259 e. The number of amides is 1. The SMILES string of the molecule is COc1cccc(-c2cnc3c(c2)C(=O)N([C@@H](C)CO)C[C@H](C)[C@@H](CN(C)CC2CCCC2)O3)c1. The molecule has 4 rings (SSSR count). The zero-order chi connectivity index (χ0) is 24.9. The smallest absolute Gasteiger partial charge is 0.259 e. The van der Waals surface area contributed by atoms with Crippen molar-refractivity contribution in [1.29, 1.82) is 0 Å². The van der Waals surface area contributed by atoms with Gasteiger partial charge in [-0.2, -0.15) is 0 Å². The van der Waals surface area contributed by atoms with Gasteiger partial charge >= 0.3 is 0 Å². The second-order valence-corrected chi connectivity index (χ2v) is 10.3. The van der Waals surface area contributed by atoms with Crippen molar-refractivity contribution in [2.24, 2.45) is 11.8 Å². The average molecular weight is 482 g/mol. The Kier molecular flexibility index (Phi) is 8.29. The van der Waals surface area contributed by atoms with Gasteiger partial charge in [0.05, 0.1) is 19.8 Å². The first kappa shape index (κ1) is 25.5. The van der Waals surface area contributed by atoms with Gasteiger partial charge in [-0.25, -0.2) is 4.98 Å². The summed E-state index contributed by atoms with van der Waals surface area (Å²) in [5, 5.41) is 9.90. The average Bonchev–Trinajstić information content (AvgIpc) is 3.38. The van der Waals surface area contributed by atoms with Crippen molar-refractivity contribution >= 4 is 5.91 Å². The maximum absolute atomic E-state index is 13.7. The van der Waals surface area contributed by atoms with E-state index in [0.29, 0.717) is 18.0 Å². The zero-order valence-electron chi connectivity index (χ0n) is 21.4. The number of hydrogen-bond acceptors (Lipinski definition) is 6. The number of likely N-dealkylation sites (N-methyl/N-ethyl adjacent to an activating group) is 1. The van der Waals surface area contributed by atoms with Gasteiger partial charge in [0.25, 0.3) is 5.91 Å². The van der Waals surface area contributed by atoms with E-state index in [4.69, 9.17) is 9.47 Å². The molecule has 2 aromatic rings. The minimum Gasteiger partial charge on any atom is -0.497 e. The van der Waals surface area contributed by atoms with Gasteiger partial charge in [0.2, 0.25) is 5.88 Å². The van der Waals surface area contributed by atoms with Crippen LogP contribution in [0, 0.1) is 11.8 Å². The van der Waals surface area contributed by atoms with Crippen LogP contribution in [0.1, 0.15) is 49.9 Å². The van der Waals surface area contributed by atoms with Crippen molar-refractivity contribution in [2.45, 2.75) is 51.7 Å². The predicted molar refractivity (Wildman–Crippen MR) is 137 cm³/mol. The highest BCUT2D eigenvalue weighted by atomic mass is 16.5. The first-order valence-corrected chi connectivity index (χ1v) is 12.8. The van der Waals surface area contributed by atoms with Crippen molar-refractivity contribution in [3.63, 3.8) is 0 Å². The third-order valence-corrected chi connectivity index (χ3v) is 7.46. The van der Waals surface area contributed by atoms with Gasteiger partial charge < -0.3 is 24.4 Å². The first-order valence-electron chi connectivity index (χ1n) is 12.8. The lowest BCUT2D eigenvalue weighted by atomic mass is 9.98. The number of carbonyl (C=O) groups excluding carboxylic acids is 1. The molecule has 0 spiro atoms. The molecular weight excluding hydrogens is 442 g/mol. The molecule has 190 valence electrons. The van der Waals surface area contributed by atoms with E-state index in [-0.39, 0.29) is 30.6 Å². The molecule has 1 amide bonds. The van der Waals surface area contributed by atoms with Gasteiger partial charge in [0.1, 0.15) is 17.4 Å². The number of ether oxygens (including phenoxy) is 2. The summed E-state index contributed by atoms with van der Waals surface area (Å²) in [6, 6.07) is 9.25. The van der Waals surface area contributed by atoms with E-state index in [0.717, 1.165) is 35.9 Å². The third kappa shape index (κ3) is 5.96. The Morgan fingerprint density at radius 3 is 2.71 bits per heavy atom. The Morgan fingerprint density at radius 1 is 1.23 bits per heavy atom. The lowest BCUT2D eigenvalue weighted by Gasteiger charge is -2.38. The van der Waals surface area contributed by atoms with Crippen molar-refractivity contribution in [2.75, 3.05) is 40.4 Å². The van der Waals surface area contributed by atoms with Crippen LogP contribution in [0.5, 0.6) is 11.6 Å². The number of hydrogen-bond donors (Lipinski definition) is 1. The van der Waals surface area contributed by atoms with Crippen LogP contribution in [0.25, 0.3) is 11.1 Å². The number of aromatic nitrogens is 1. The van der Waals surface area contributed by atoms with Crippen LogP contribution in [-0.4, -0.2) is 78.3 Å². The molecular formula is C28H39N3O4. The summed E-state index contributed by atoms with van der Waals surface area (Å²) in [6.45, 7) is 6.26. The number of aliphatic hydroxyl groups is 1. The van der Waals surface area contributed by atoms with E-state index < -0.39 is 0 Å². The fraction of sp³-hybridized carbons (Fsp3) is 0.571. The summed E-state index contributed by atoms with van der Waals surface area (Å²) in [5.41, 5.74) is 2.16. The van der Waals surface area contributed by atoms with Crippen LogP contribution < -0.4 is 9.47 Å². The van der Waals surface area contributed by atoms with Crippen LogP contribution in [0.4, 0.5) is 0 Å². The van der Waals surface area contributed by atoms with E-state index in [1.54, 1.807) is 18.2 Å². The van der Waals surface area contributed by atoms with E-state index in [9.17, 15) is 9.90 Å². The van der Waals surface area contributed by atoms with E-state index in [1.165, 1.54) is 25.7 Å². The predicted octanol–water partition coefficient (Wildman–Crippen LogP) is 4.10. The van der Waals surface area contributed by atoms with Crippen molar-refractivity contribution < 1.29 is 19.4 Å². The Hall–Kier alpha value is -2.64. The van der Waals surface area contributed by atoms with Gasteiger partial charge in [-0.15, -0.1) is 0 Å². The Bertz CT molecular complexity index is 1010. The molecule has 0 saturated heterocycles. The second kappa shape index (κ2) is 11.4. The molecule has 7 nitrogen and oxygen atoms in total. The van der Waals surface area contributed by atoms with E-state index in [1.807, 2.05) is 37.3 Å². The first-order chi connectivity index (χ1) is 16.9. The minimum absolute atomic E-state index is 0.0898. The molecule has 1 saturated carbocycles. The molecule has 1 aromatic heterocycles. The summed E-state index contributed by atoms with van der Waals surface area (Å²) in [4.78, 5) is 22.4. The summed E-state index contributed by atoms with van der Waals surface area (Å²) < 4.78 is 11.8. The van der Waals surface area contributed by atoms with Crippen molar-refractivity contribution in [1.82, 2.24) is 14.8 Å². The third-order valence-electron chi connectivity index (χ3n) is 7.46. The maximum atomic E-state index is 13.7. The highest BCUT2D eigenvalue weighted by Gasteiger charge is 2.34. The normalized spacial score (nSPS) is 21.9. The van der Waals surface area contributed by atoms with Gasteiger partial charge in [-0.1, -0.05) is 31.9 Å². The quantitative estimate of drug-likeness (QED) is 0.612. The number of benzene rings is 1. The molecule has 2 aliphatic rings. The number of rotatable bonds is 8. The number of nitrogens with zero attached hydrogens (tertiary/aromatic N) is 3. The Morgan fingerprint density at radius 2 is 2.00 bits per heavy atom. The number of pyridine rings is 1. The highest BCUT2D eigenvalue weighted by molar-refractivity contribution is 5.98. The molecule has 7 heteroatoms. The Balaban J connectivity index is 1.65. The topological polar surface area (TPSA) is 75.1 Å². The number of aliphatic hydroxyl groups excluding tert-OH is 1. The molecule has 2 heterocycles. The van der Waals surface area contributed by atoms with E-state index >= 15 is 0 Å². The van der Waals surface area contributed by atoms with E-state index in [2.05, 4.69) is 23.9 Å². The number of fused-ring (bicyclic) bond motifs is 1. The van der Waals surface area contributed by atoms with Crippen LogP contribution >= 0.6 is 0 Å². The fourth-order valence-corrected chi connectivity index (χ4v) is 5.30. The van der Waals surface area contributed by atoms with Gasteiger partial charge in [-0.3, -0.25) is 4.79 Å². The molecule has 0 radical (unpaired) electrons. The van der Waals surface area contributed by atoms with Gasteiger partial charge in [0.15, 0.2) is 0 Å². The second-order valence-electron chi connectivity index (χ2n) is 10.3. The number of carbonyl (C=O) groups is 1. The van der Waals surface area contributed by atoms with Crippen molar-refractivity contribution in [3.8, 4) is 22.8 Å². The summed E-state index contributed by atoms with van der Waals surface area (Å²) in [7, 11) is 3.79. The lowest BCUT2D eigenvalue weighted by Crippen LogP contribution is -2.50. The molecule has 3 atom stereocenters. The van der Waals surface area contributed by atoms with Gasteiger partial charge in [0, 0.05) is 37.3 Å². The summed E-state index contributed by atoms with van der Waals surface area (Å²) in [6.07, 6.45) is 6.91. The monoisotopic (exact) mass is 481 g/mol. The molecule has 1 aromatic carbocycles. The molecule has 0 unspecified atom stereocenters. The van der Waals surface area contributed by atoms with Crippen molar-refractivity contribution in [3.05, 3.63) is 42.1 Å². The fourth-order valence-electron chi connectivity index (χ4n) is 5.30. The largest absolute Gasteiger partial charge is 0.497 e. The summed E-state index contributed by atoms with van der Waals surface area (Å²) >= 11 is 0. The van der Waals surface area contributed by atoms with Crippen LogP contribution in [0.2, 0.25) is 0 Å². The molecule has 1 N–H and O–H groups in total. The molecule has 1 aliphatic heterocycles. The summed E-state index contributed by atoms with van der Waals surface area (Å²) in [5.74, 6) is 1.79. The van der Waals surface area contributed by atoms with Crippen LogP contribution in [0.15, 0.2) is 36.5 Å². The lowest BCUT2D eigenvalue weighted by molar-refractivity contribution is 0.0320. The van der Waals surface area contributed by atoms with Crippen LogP contribution in [0.3, 0.4) is 0 Å². The number of methoxy groups -OCH3 is 1. The van der Waals surface area contributed by atoms with Crippen LogP contribution in [-0.2, 0) is 0 Å².